The van der Waals surface area contributed by atoms with Crippen molar-refractivity contribution in [3.05, 3.63) is 62.9 Å². The third-order valence-corrected chi connectivity index (χ3v) is 3.90. The van der Waals surface area contributed by atoms with Crippen molar-refractivity contribution >= 4 is 39.1 Å². The maximum atomic E-state index is 14.0. The number of nitrogens with zero attached hydrogens (tertiary/aromatic N) is 1. The Hall–Kier alpha value is -1.28. The summed E-state index contributed by atoms with van der Waals surface area (Å²) in [7, 11) is 0. The number of ether oxygens (including phenoxy) is 1. The Bertz CT molecular complexity index is 716. The van der Waals surface area contributed by atoms with Gasteiger partial charge in [0.2, 0.25) is 0 Å². The molecule has 0 spiro atoms. The van der Waals surface area contributed by atoms with Gasteiger partial charge in [0, 0.05) is 21.5 Å². The van der Waals surface area contributed by atoms with E-state index in [1.165, 1.54) is 6.07 Å². The van der Waals surface area contributed by atoms with Gasteiger partial charge in [-0.15, -0.1) is 0 Å². The Balaban J connectivity index is 2.27. The van der Waals surface area contributed by atoms with Gasteiger partial charge in [-0.05, 0) is 18.2 Å². The molecule has 108 valence electrons. The lowest BCUT2D eigenvalue weighted by atomic mass is 10.1. The summed E-state index contributed by atoms with van der Waals surface area (Å²) in [5.41, 5.74) is 1.05. The molecule has 0 aliphatic carbocycles. The van der Waals surface area contributed by atoms with Crippen LogP contribution < -0.4 is 4.74 Å². The van der Waals surface area contributed by atoms with Crippen LogP contribution in [0, 0.1) is 17.1 Å². The van der Waals surface area contributed by atoms with Crippen LogP contribution in [0.1, 0.15) is 16.7 Å². The number of hydrogen-bond acceptors (Lipinski definition) is 2. The predicted octanol–water partition coefficient (Wildman–Crippen LogP) is 5.48. The van der Waals surface area contributed by atoms with Crippen molar-refractivity contribution in [2.75, 3.05) is 0 Å². The molecular formula is C15H9BrCl2FNO. The molecule has 0 aliphatic heterocycles. The molecule has 2 rings (SSSR count). The van der Waals surface area contributed by atoms with Gasteiger partial charge >= 0.3 is 0 Å². The minimum absolute atomic E-state index is 0.0148. The zero-order chi connectivity index (χ0) is 15.4. The SMILES string of the molecule is N#Cc1cccc(COc2c(Cl)cc(Cl)cc2CBr)c1F. The zero-order valence-electron chi connectivity index (χ0n) is 10.7. The molecule has 2 aromatic carbocycles. The van der Waals surface area contributed by atoms with Gasteiger partial charge in [-0.3, -0.25) is 0 Å². The Morgan fingerprint density at radius 1 is 1.24 bits per heavy atom. The van der Waals surface area contributed by atoms with Crippen LogP contribution in [-0.2, 0) is 11.9 Å². The fourth-order valence-corrected chi connectivity index (χ4v) is 2.81. The number of alkyl halides is 1. The molecule has 21 heavy (non-hydrogen) atoms. The van der Waals surface area contributed by atoms with Gasteiger partial charge < -0.3 is 4.74 Å². The third-order valence-electron chi connectivity index (χ3n) is 2.80. The lowest BCUT2D eigenvalue weighted by Gasteiger charge is -2.13. The Morgan fingerprint density at radius 2 is 2.00 bits per heavy atom. The maximum Gasteiger partial charge on any atom is 0.147 e. The van der Waals surface area contributed by atoms with Gasteiger partial charge in [-0.1, -0.05) is 51.3 Å². The van der Waals surface area contributed by atoms with Gasteiger partial charge in [-0.2, -0.15) is 5.26 Å². The van der Waals surface area contributed by atoms with Crippen LogP contribution in [0.2, 0.25) is 10.0 Å². The average molecular weight is 389 g/mol. The number of nitriles is 1. The minimum atomic E-state index is -0.578. The highest BCUT2D eigenvalue weighted by atomic mass is 79.9. The molecule has 0 radical (unpaired) electrons. The first-order valence-corrected chi connectivity index (χ1v) is 7.78. The summed E-state index contributed by atoms with van der Waals surface area (Å²) >= 11 is 15.4. The van der Waals surface area contributed by atoms with Gasteiger partial charge in [0.15, 0.2) is 0 Å². The van der Waals surface area contributed by atoms with E-state index in [0.717, 1.165) is 5.56 Å². The molecule has 0 aliphatic rings. The third kappa shape index (κ3) is 3.68. The highest BCUT2D eigenvalue weighted by Gasteiger charge is 2.13. The first-order chi connectivity index (χ1) is 10.1. The molecular weight excluding hydrogens is 380 g/mol. The van der Waals surface area contributed by atoms with Crippen molar-refractivity contribution in [3.63, 3.8) is 0 Å². The predicted molar refractivity (Wildman–Crippen MR) is 84.5 cm³/mol. The molecule has 0 saturated carbocycles. The fourth-order valence-electron chi connectivity index (χ4n) is 1.80. The van der Waals surface area contributed by atoms with E-state index in [4.69, 9.17) is 33.2 Å². The van der Waals surface area contributed by atoms with E-state index < -0.39 is 5.82 Å². The van der Waals surface area contributed by atoms with Crippen LogP contribution in [0.4, 0.5) is 4.39 Å². The monoisotopic (exact) mass is 387 g/mol. The van der Waals surface area contributed by atoms with E-state index in [0.29, 0.717) is 26.7 Å². The highest BCUT2D eigenvalue weighted by Crippen LogP contribution is 2.34. The summed E-state index contributed by atoms with van der Waals surface area (Å²) in [4.78, 5) is 0. The van der Waals surface area contributed by atoms with E-state index in [-0.39, 0.29) is 12.2 Å². The van der Waals surface area contributed by atoms with Crippen LogP contribution in [0.25, 0.3) is 0 Å². The first-order valence-electron chi connectivity index (χ1n) is 5.91. The lowest BCUT2D eigenvalue weighted by molar-refractivity contribution is 0.298. The van der Waals surface area contributed by atoms with Crippen molar-refractivity contribution in [3.8, 4) is 11.8 Å². The molecule has 2 nitrogen and oxygen atoms in total. The van der Waals surface area contributed by atoms with Gasteiger partial charge in [0.1, 0.15) is 24.2 Å². The molecule has 0 saturated heterocycles. The lowest BCUT2D eigenvalue weighted by Crippen LogP contribution is -2.02. The molecule has 2 aromatic rings. The number of benzene rings is 2. The second-order valence-corrected chi connectivity index (χ2v) is 5.59. The summed E-state index contributed by atoms with van der Waals surface area (Å²) < 4.78 is 19.6. The number of rotatable bonds is 4. The Morgan fingerprint density at radius 3 is 2.67 bits per heavy atom. The molecule has 0 fully saturated rings. The molecule has 6 heteroatoms. The van der Waals surface area contributed by atoms with Crippen LogP contribution in [0.3, 0.4) is 0 Å². The van der Waals surface area contributed by atoms with E-state index >= 15 is 0 Å². The van der Waals surface area contributed by atoms with Gasteiger partial charge in [-0.25, -0.2) is 4.39 Å². The first kappa shape index (κ1) is 16.1. The standard InChI is InChI=1S/C15H9BrCl2FNO/c16-6-11-4-12(17)5-13(18)15(11)21-8-10-3-1-2-9(7-20)14(10)19/h1-5H,6,8H2. The second-order valence-electron chi connectivity index (χ2n) is 4.19. The molecule has 0 heterocycles. The maximum absolute atomic E-state index is 14.0. The van der Waals surface area contributed by atoms with Crippen LogP contribution in [0.15, 0.2) is 30.3 Å². The van der Waals surface area contributed by atoms with E-state index in [1.54, 1.807) is 30.3 Å². The van der Waals surface area contributed by atoms with Crippen molar-refractivity contribution in [2.24, 2.45) is 0 Å². The topological polar surface area (TPSA) is 33.0 Å². The average Bonchev–Trinajstić information content (AvgIpc) is 2.47. The van der Waals surface area contributed by atoms with Crippen molar-refractivity contribution in [1.82, 2.24) is 0 Å². The summed E-state index contributed by atoms with van der Waals surface area (Å²) in [6.45, 7) is -0.0251. The van der Waals surface area contributed by atoms with Crippen LogP contribution >= 0.6 is 39.1 Å². The fraction of sp³-hybridized carbons (Fsp3) is 0.133. The van der Waals surface area contributed by atoms with Crippen molar-refractivity contribution in [2.45, 2.75) is 11.9 Å². The zero-order valence-corrected chi connectivity index (χ0v) is 13.8. The number of halogens is 4. The normalized spacial score (nSPS) is 10.2. The van der Waals surface area contributed by atoms with E-state index in [9.17, 15) is 4.39 Å². The highest BCUT2D eigenvalue weighted by molar-refractivity contribution is 9.08. The van der Waals surface area contributed by atoms with E-state index in [1.807, 2.05) is 0 Å². The summed E-state index contributed by atoms with van der Waals surface area (Å²) in [6.07, 6.45) is 0. The molecule has 0 N–H and O–H groups in total. The Labute approximate surface area is 140 Å². The molecule has 0 amide bonds. The van der Waals surface area contributed by atoms with E-state index in [2.05, 4.69) is 15.9 Å². The quantitative estimate of drug-likeness (QED) is 0.650. The summed E-state index contributed by atoms with van der Waals surface area (Å²) in [6, 6.07) is 9.66. The summed E-state index contributed by atoms with van der Waals surface area (Å²) in [5, 5.41) is 10.2. The second kappa shape index (κ2) is 7.13. The number of hydrogen-bond donors (Lipinski definition) is 0. The minimum Gasteiger partial charge on any atom is -0.487 e. The van der Waals surface area contributed by atoms with Crippen molar-refractivity contribution in [1.29, 1.82) is 5.26 Å². The molecule has 0 bridgehead atoms. The molecule has 0 unspecified atom stereocenters. The molecule has 0 aromatic heterocycles. The van der Waals surface area contributed by atoms with Crippen LogP contribution in [-0.4, -0.2) is 0 Å². The Kier molecular flexibility index (Phi) is 5.46. The largest absolute Gasteiger partial charge is 0.487 e. The van der Waals surface area contributed by atoms with Crippen molar-refractivity contribution < 1.29 is 9.13 Å². The summed E-state index contributed by atoms with van der Waals surface area (Å²) in [5.74, 6) is -0.134. The van der Waals surface area contributed by atoms with Gasteiger partial charge in [0.25, 0.3) is 0 Å². The smallest absolute Gasteiger partial charge is 0.147 e. The van der Waals surface area contributed by atoms with Crippen LogP contribution in [0.5, 0.6) is 5.75 Å². The van der Waals surface area contributed by atoms with Gasteiger partial charge in [0.05, 0.1) is 10.6 Å². The molecule has 0 atom stereocenters.